The van der Waals surface area contributed by atoms with Gasteiger partial charge in [-0.05, 0) is 43.4 Å². The van der Waals surface area contributed by atoms with E-state index in [1.54, 1.807) is 0 Å². The van der Waals surface area contributed by atoms with Crippen LogP contribution in [0.1, 0.15) is 49.4 Å². The molecule has 1 aliphatic heterocycles. The fraction of sp³-hybridized carbons (Fsp3) is 0.588. The maximum Gasteiger partial charge on any atom is 0.166 e. The Bertz CT molecular complexity index is 495. The standard InChI is InChI=1S/C17H22O3/c1-2-12-4-5-13(10-12)17(18)14-6-7-15-16(11-14)20-9-3-8-19-15/h6-7,11-13H,2-5,8-10H2,1H3. The summed E-state index contributed by atoms with van der Waals surface area (Å²) in [7, 11) is 0. The van der Waals surface area contributed by atoms with E-state index in [1.165, 1.54) is 12.8 Å². The van der Waals surface area contributed by atoms with E-state index in [1.807, 2.05) is 18.2 Å². The molecule has 2 unspecified atom stereocenters. The molecule has 0 aromatic heterocycles. The van der Waals surface area contributed by atoms with Gasteiger partial charge < -0.3 is 9.47 Å². The van der Waals surface area contributed by atoms with E-state index >= 15 is 0 Å². The van der Waals surface area contributed by atoms with Crippen LogP contribution in [-0.2, 0) is 0 Å². The first-order valence-electron chi connectivity index (χ1n) is 7.71. The molecule has 0 spiro atoms. The van der Waals surface area contributed by atoms with E-state index < -0.39 is 0 Å². The molecule has 1 saturated carbocycles. The number of benzene rings is 1. The molecule has 0 radical (unpaired) electrons. The van der Waals surface area contributed by atoms with Crippen LogP contribution in [0.4, 0.5) is 0 Å². The summed E-state index contributed by atoms with van der Waals surface area (Å²) in [5.41, 5.74) is 0.774. The van der Waals surface area contributed by atoms with Crippen molar-refractivity contribution in [3.8, 4) is 11.5 Å². The highest BCUT2D eigenvalue weighted by atomic mass is 16.5. The molecule has 3 rings (SSSR count). The lowest BCUT2D eigenvalue weighted by Crippen LogP contribution is -2.12. The highest BCUT2D eigenvalue weighted by Crippen LogP contribution is 2.37. The highest BCUT2D eigenvalue weighted by molar-refractivity contribution is 5.98. The van der Waals surface area contributed by atoms with Gasteiger partial charge in [0.2, 0.25) is 0 Å². The molecule has 2 aliphatic rings. The Morgan fingerprint density at radius 3 is 2.75 bits per heavy atom. The molecule has 1 aliphatic carbocycles. The van der Waals surface area contributed by atoms with Gasteiger partial charge in [-0.3, -0.25) is 4.79 Å². The number of fused-ring (bicyclic) bond motifs is 1. The molecule has 2 atom stereocenters. The first kappa shape index (κ1) is 13.5. The van der Waals surface area contributed by atoms with Gasteiger partial charge >= 0.3 is 0 Å². The lowest BCUT2D eigenvalue weighted by Gasteiger charge is -2.12. The van der Waals surface area contributed by atoms with Crippen LogP contribution in [0.5, 0.6) is 11.5 Å². The van der Waals surface area contributed by atoms with E-state index in [0.29, 0.717) is 13.2 Å². The second-order valence-corrected chi connectivity index (χ2v) is 5.86. The zero-order chi connectivity index (χ0) is 13.9. The summed E-state index contributed by atoms with van der Waals surface area (Å²) in [5, 5.41) is 0. The number of carbonyl (C=O) groups excluding carboxylic acids is 1. The van der Waals surface area contributed by atoms with Crippen LogP contribution in [0.2, 0.25) is 0 Å². The number of hydrogen-bond acceptors (Lipinski definition) is 3. The zero-order valence-electron chi connectivity index (χ0n) is 12.1. The molecule has 20 heavy (non-hydrogen) atoms. The fourth-order valence-electron chi connectivity index (χ4n) is 3.24. The van der Waals surface area contributed by atoms with E-state index in [0.717, 1.165) is 42.2 Å². The van der Waals surface area contributed by atoms with Crippen LogP contribution in [0.3, 0.4) is 0 Å². The number of rotatable bonds is 3. The highest BCUT2D eigenvalue weighted by Gasteiger charge is 2.30. The molecule has 3 nitrogen and oxygen atoms in total. The zero-order valence-corrected chi connectivity index (χ0v) is 12.1. The minimum atomic E-state index is 0.199. The lowest BCUT2D eigenvalue weighted by atomic mass is 9.94. The average molecular weight is 274 g/mol. The van der Waals surface area contributed by atoms with Gasteiger partial charge in [0.25, 0.3) is 0 Å². The molecule has 1 heterocycles. The normalized spacial score (nSPS) is 25.2. The van der Waals surface area contributed by atoms with E-state index in [4.69, 9.17) is 9.47 Å². The van der Waals surface area contributed by atoms with Gasteiger partial charge in [-0.25, -0.2) is 0 Å². The number of carbonyl (C=O) groups is 1. The van der Waals surface area contributed by atoms with Gasteiger partial charge in [-0.15, -0.1) is 0 Å². The van der Waals surface area contributed by atoms with Gasteiger partial charge in [0, 0.05) is 17.9 Å². The molecule has 0 bridgehead atoms. The fourth-order valence-corrected chi connectivity index (χ4v) is 3.24. The number of ether oxygens (including phenoxy) is 2. The Labute approximate surface area is 120 Å². The molecule has 0 N–H and O–H groups in total. The Hall–Kier alpha value is -1.51. The van der Waals surface area contributed by atoms with Crippen LogP contribution in [0.15, 0.2) is 18.2 Å². The van der Waals surface area contributed by atoms with Crippen molar-refractivity contribution in [3.05, 3.63) is 23.8 Å². The molecular formula is C17H22O3. The topological polar surface area (TPSA) is 35.5 Å². The van der Waals surface area contributed by atoms with Crippen LogP contribution >= 0.6 is 0 Å². The summed E-state index contributed by atoms with van der Waals surface area (Å²) in [6, 6.07) is 5.62. The van der Waals surface area contributed by atoms with Crippen LogP contribution in [0.25, 0.3) is 0 Å². The third-order valence-corrected chi connectivity index (χ3v) is 4.52. The number of ketones is 1. The van der Waals surface area contributed by atoms with Crippen molar-refractivity contribution >= 4 is 5.78 Å². The minimum absolute atomic E-state index is 0.199. The Morgan fingerprint density at radius 1 is 1.20 bits per heavy atom. The quantitative estimate of drug-likeness (QED) is 0.785. The van der Waals surface area contributed by atoms with Crippen molar-refractivity contribution < 1.29 is 14.3 Å². The Balaban J connectivity index is 1.77. The molecular weight excluding hydrogens is 252 g/mol. The summed E-state index contributed by atoms with van der Waals surface area (Å²) < 4.78 is 11.3. The van der Waals surface area contributed by atoms with Crippen molar-refractivity contribution in [1.29, 1.82) is 0 Å². The van der Waals surface area contributed by atoms with Gasteiger partial charge in [-0.1, -0.05) is 13.3 Å². The van der Waals surface area contributed by atoms with E-state index in [9.17, 15) is 4.79 Å². The summed E-state index contributed by atoms with van der Waals surface area (Å²) in [6.45, 7) is 3.55. The Morgan fingerprint density at radius 2 is 2.00 bits per heavy atom. The van der Waals surface area contributed by atoms with Crippen molar-refractivity contribution in [3.63, 3.8) is 0 Å². The van der Waals surface area contributed by atoms with Crippen molar-refractivity contribution in [2.24, 2.45) is 11.8 Å². The van der Waals surface area contributed by atoms with Crippen molar-refractivity contribution in [2.75, 3.05) is 13.2 Å². The average Bonchev–Trinajstić information content (AvgIpc) is 2.84. The summed E-state index contributed by atoms with van der Waals surface area (Å²) >= 11 is 0. The molecule has 1 aromatic rings. The third-order valence-electron chi connectivity index (χ3n) is 4.52. The van der Waals surface area contributed by atoms with Crippen LogP contribution < -0.4 is 9.47 Å². The SMILES string of the molecule is CCC1CCC(C(=O)c2ccc3c(c2)OCCCO3)C1. The molecule has 0 amide bonds. The van der Waals surface area contributed by atoms with Crippen LogP contribution in [-0.4, -0.2) is 19.0 Å². The maximum atomic E-state index is 12.6. The molecule has 1 aromatic carbocycles. The second-order valence-electron chi connectivity index (χ2n) is 5.86. The summed E-state index contributed by atoms with van der Waals surface area (Å²) in [6.07, 6.45) is 5.34. The first-order valence-corrected chi connectivity index (χ1v) is 7.71. The second kappa shape index (κ2) is 5.86. The summed E-state index contributed by atoms with van der Waals surface area (Å²) in [4.78, 5) is 12.6. The third kappa shape index (κ3) is 2.67. The minimum Gasteiger partial charge on any atom is -0.490 e. The van der Waals surface area contributed by atoms with E-state index in [2.05, 4.69) is 6.92 Å². The predicted molar refractivity (Wildman–Crippen MR) is 77.5 cm³/mol. The molecule has 3 heteroatoms. The van der Waals surface area contributed by atoms with Gasteiger partial charge in [0.1, 0.15) is 0 Å². The Kier molecular flexibility index (Phi) is 3.95. The van der Waals surface area contributed by atoms with Gasteiger partial charge in [0.15, 0.2) is 17.3 Å². The van der Waals surface area contributed by atoms with Crippen molar-refractivity contribution in [1.82, 2.24) is 0 Å². The first-order chi connectivity index (χ1) is 9.78. The maximum absolute atomic E-state index is 12.6. The molecule has 1 fully saturated rings. The van der Waals surface area contributed by atoms with E-state index in [-0.39, 0.29) is 11.7 Å². The van der Waals surface area contributed by atoms with Gasteiger partial charge in [0.05, 0.1) is 13.2 Å². The van der Waals surface area contributed by atoms with Crippen LogP contribution in [0, 0.1) is 11.8 Å². The number of hydrogen-bond donors (Lipinski definition) is 0. The monoisotopic (exact) mass is 274 g/mol. The lowest BCUT2D eigenvalue weighted by molar-refractivity contribution is 0.0919. The predicted octanol–water partition coefficient (Wildman–Crippen LogP) is 3.86. The smallest absolute Gasteiger partial charge is 0.166 e. The molecule has 108 valence electrons. The van der Waals surface area contributed by atoms with Gasteiger partial charge in [-0.2, -0.15) is 0 Å². The van der Waals surface area contributed by atoms with Crippen molar-refractivity contribution in [2.45, 2.75) is 39.0 Å². The largest absolute Gasteiger partial charge is 0.490 e. The summed E-state index contributed by atoms with van der Waals surface area (Å²) in [5.74, 6) is 2.68. The molecule has 0 saturated heterocycles. The number of Topliss-reactive ketones (excluding diaryl/α,β-unsaturated/α-hetero) is 1.